The smallest absolute Gasteiger partial charge is 0.324 e. The Labute approximate surface area is 110 Å². The molecule has 0 saturated carbocycles. The molecule has 0 aromatic carbocycles. The average Bonchev–Trinajstić information content (AvgIpc) is 2.98. The van der Waals surface area contributed by atoms with E-state index in [1.165, 1.54) is 19.3 Å². The summed E-state index contributed by atoms with van der Waals surface area (Å²) in [7, 11) is 0. The second-order valence-electron chi connectivity index (χ2n) is 5.66. The highest BCUT2D eigenvalue weighted by molar-refractivity contribution is 5.27. The van der Waals surface area contributed by atoms with Crippen molar-refractivity contribution >= 4 is 6.01 Å². The summed E-state index contributed by atoms with van der Waals surface area (Å²) in [5.41, 5.74) is 0. The highest BCUT2D eigenvalue weighted by Crippen LogP contribution is 2.31. The van der Waals surface area contributed by atoms with E-state index >= 15 is 0 Å². The summed E-state index contributed by atoms with van der Waals surface area (Å²) in [6.07, 6.45) is 3.80. The van der Waals surface area contributed by atoms with E-state index in [-0.39, 0.29) is 0 Å². The van der Waals surface area contributed by atoms with Crippen LogP contribution < -0.4 is 4.90 Å². The van der Waals surface area contributed by atoms with Gasteiger partial charge in [0.25, 0.3) is 0 Å². The van der Waals surface area contributed by atoms with Gasteiger partial charge in [-0.1, -0.05) is 45.7 Å². The van der Waals surface area contributed by atoms with Crippen molar-refractivity contribution in [1.82, 2.24) is 10.1 Å². The Morgan fingerprint density at radius 3 is 2.61 bits per heavy atom. The molecule has 0 spiro atoms. The van der Waals surface area contributed by atoms with E-state index < -0.39 is 0 Å². The monoisotopic (exact) mass is 251 g/mol. The maximum absolute atomic E-state index is 5.37. The lowest BCUT2D eigenvalue weighted by Gasteiger charge is -2.20. The minimum absolute atomic E-state index is 0.333. The van der Waals surface area contributed by atoms with Crippen LogP contribution in [0.4, 0.5) is 6.01 Å². The van der Waals surface area contributed by atoms with Gasteiger partial charge in [-0.05, 0) is 18.3 Å². The molecule has 0 amide bonds. The largest absolute Gasteiger partial charge is 0.324 e. The molecule has 18 heavy (non-hydrogen) atoms. The topological polar surface area (TPSA) is 42.2 Å². The van der Waals surface area contributed by atoms with Gasteiger partial charge in [0.1, 0.15) is 0 Å². The van der Waals surface area contributed by atoms with Crippen molar-refractivity contribution in [2.75, 3.05) is 18.0 Å². The van der Waals surface area contributed by atoms with Gasteiger partial charge in [-0.25, -0.2) is 0 Å². The van der Waals surface area contributed by atoms with Crippen LogP contribution in [0.5, 0.6) is 0 Å². The first-order valence-electron chi connectivity index (χ1n) is 7.24. The zero-order valence-corrected chi connectivity index (χ0v) is 12.0. The molecule has 1 fully saturated rings. The number of nitrogens with zero attached hydrogens (tertiary/aromatic N) is 3. The van der Waals surface area contributed by atoms with Crippen molar-refractivity contribution in [2.45, 2.75) is 52.9 Å². The first kappa shape index (κ1) is 13.4. The van der Waals surface area contributed by atoms with Crippen molar-refractivity contribution < 1.29 is 4.52 Å². The molecule has 1 aromatic heterocycles. The molecule has 2 heterocycles. The van der Waals surface area contributed by atoms with Crippen molar-refractivity contribution in [3.05, 3.63) is 5.82 Å². The second kappa shape index (κ2) is 5.72. The van der Waals surface area contributed by atoms with Crippen molar-refractivity contribution in [3.63, 3.8) is 0 Å². The summed E-state index contributed by atoms with van der Waals surface area (Å²) >= 11 is 0. The van der Waals surface area contributed by atoms with Gasteiger partial charge in [-0.2, -0.15) is 4.98 Å². The fourth-order valence-corrected chi connectivity index (χ4v) is 2.89. The van der Waals surface area contributed by atoms with Crippen LogP contribution in [0.3, 0.4) is 0 Å². The number of hydrogen-bond acceptors (Lipinski definition) is 4. The van der Waals surface area contributed by atoms with Gasteiger partial charge in [0.15, 0.2) is 5.82 Å². The molecule has 2 rings (SSSR count). The van der Waals surface area contributed by atoms with E-state index in [9.17, 15) is 0 Å². The molecular weight excluding hydrogens is 226 g/mol. The highest BCUT2D eigenvalue weighted by atomic mass is 16.5. The van der Waals surface area contributed by atoms with Gasteiger partial charge in [0.2, 0.25) is 0 Å². The van der Waals surface area contributed by atoms with E-state index in [1.54, 1.807) is 0 Å². The molecular formula is C14H25N3O. The summed E-state index contributed by atoms with van der Waals surface area (Å²) in [6.45, 7) is 10.9. The lowest BCUT2D eigenvalue weighted by atomic mass is 9.87. The molecule has 1 atom stereocenters. The summed E-state index contributed by atoms with van der Waals surface area (Å²) in [5.74, 6) is 2.77. The van der Waals surface area contributed by atoms with Crippen LogP contribution in [-0.4, -0.2) is 23.2 Å². The Kier molecular flexibility index (Phi) is 4.25. The quantitative estimate of drug-likeness (QED) is 0.803. The van der Waals surface area contributed by atoms with Gasteiger partial charge in [0.05, 0.1) is 0 Å². The van der Waals surface area contributed by atoms with E-state index in [2.05, 4.69) is 42.7 Å². The predicted octanol–water partition coefficient (Wildman–Crippen LogP) is 3.46. The van der Waals surface area contributed by atoms with E-state index in [0.29, 0.717) is 11.9 Å². The molecule has 0 bridgehead atoms. The molecule has 1 saturated heterocycles. The number of rotatable bonds is 5. The van der Waals surface area contributed by atoms with Gasteiger partial charge in [-0.3, -0.25) is 0 Å². The van der Waals surface area contributed by atoms with Crippen molar-refractivity contribution in [3.8, 4) is 0 Å². The summed E-state index contributed by atoms with van der Waals surface area (Å²) in [4.78, 5) is 6.74. The Morgan fingerprint density at radius 1 is 1.33 bits per heavy atom. The van der Waals surface area contributed by atoms with Crippen LogP contribution in [0.2, 0.25) is 0 Å². The highest BCUT2D eigenvalue weighted by Gasteiger charge is 2.30. The fourth-order valence-electron chi connectivity index (χ4n) is 2.89. The molecule has 4 nitrogen and oxygen atoms in total. The maximum atomic E-state index is 5.37. The van der Waals surface area contributed by atoms with Crippen molar-refractivity contribution in [2.24, 2.45) is 11.8 Å². The molecule has 0 N–H and O–H groups in total. The normalized spacial score (nSPS) is 20.3. The van der Waals surface area contributed by atoms with Crippen LogP contribution in [0.15, 0.2) is 4.52 Å². The van der Waals surface area contributed by atoms with Crippen molar-refractivity contribution in [1.29, 1.82) is 0 Å². The Hall–Kier alpha value is -1.06. The summed E-state index contributed by atoms with van der Waals surface area (Å²) in [5, 5.41) is 4.04. The maximum Gasteiger partial charge on any atom is 0.324 e. The Morgan fingerprint density at radius 2 is 2.06 bits per heavy atom. The molecule has 0 radical (unpaired) electrons. The van der Waals surface area contributed by atoms with E-state index in [0.717, 1.165) is 30.7 Å². The molecule has 1 unspecified atom stereocenters. The SMILES string of the molecule is CCC(CC)C1CCN(c2nc(C(C)C)no2)C1. The van der Waals surface area contributed by atoms with E-state index in [1.807, 2.05) is 0 Å². The van der Waals surface area contributed by atoms with Crippen LogP contribution in [-0.2, 0) is 0 Å². The number of anilines is 1. The first-order valence-corrected chi connectivity index (χ1v) is 7.24. The van der Waals surface area contributed by atoms with Gasteiger partial charge in [-0.15, -0.1) is 0 Å². The zero-order chi connectivity index (χ0) is 13.1. The van der Waals surface area contributed by atoms with Crippen LogP contribution >= 0.6 is 0 Å². The minimum Gasteiger partial charge on any atom is -0.324 e. The van der Waals surface area contributed by atoms with Crippen LogP contribution in [0, 0.1) is 11.8 Å². The third-order valence-corrected chi connectivity index (χ3v) is 4.16. The molecule has 1 aromatic rings. The molecule has 0 aliphatic carbocycles. The molecule has 1 aliphatic rings. The Balaban J connectivity index is 1.99. The van der Waals surface area contributed by atoms with Gasteiger partial charge in [0, 0.05) is 19.0 Å². The van der Waals surface area contributed by atoms with Crippen LogP contribution in [0.25, 0.3) is 0 Å². The number of hydrogen-bond donors (Lipinski definition) is 0. The molecule has 1 aliphatic heterocycles. The third-order valence-electron chi connectivity index (χ3n) is 4.16. The minimum atomic E-state index is 0.333. The fraction of sp³-hybridized carbons (Fsp3) is 0.857. The van der Waals surface area contributed by atoms with Gasteiger partial charge < -0.3 is 9.42 Å². The molecule has 4 heteroatoms. The van der Waals surface area contributed by atoms with Crippen LogP contribution in [0.1, 0.15) is 58.7 Å². The number of aromatic nitrogens is 2. The molecule has 102 valence electrons. The van der Waals surface area contributed by atoms with Gasteiger partial charge >= 0.3 is 6.01 Å². The standard InChI is InChI=1S/C14H25N3O/c1-5-11(6-2)12-7-8-17(9-12)14-15-13(10(3)4)16-18-14/h10-12H,5-9H2,1-4H3. The summed E-state index contributed by atoms with van der Waals surface area (Å²) in [6, 6.07) is 0.715. The zero-order valence-electron chi connectivity index (χ0n) is 12.0. The third kappa shape index (κ3) is 2.68. The lowest BCUT2D eigenvalue weighted by Crippen LogP contribution is -2.22. The predicted molar refractivity (Wildman–Crippen MR) is 72.8 cm³/mol. The second-order valence-corrected chi connectivity index (χ2v) is 5.66. The average molecular weight is 251 g/mol. The summed E-state index contributed by atoms with van der Waals surface area (Å²) < 4.78 is 5.37. The first-order chi connectivity index (χ1) is 8.65. The lowest BCUT2D eigenvalue weighted by molar-refractivity contribution is 0.336. The Bertz CT molecular complexity index is 371. The van der Waals surface area contributed by atoms with E-state index in [4.69, 9.17) is 4.52 Å².